The molecule has 0 aliphatic carbocycles. The Morgan fingerprint density at radius 1 is 1.18 bits per heavy atom. The summed E-state index contributed by atoms with van der Waals surface area (Å²) in [6.07, 6.45) is -1.73. The molecule has 0 spiro atoms. The lowest BCUT2D eigenvalue weighted by Gasteiger charge is -2.21. The molecule has 0 aromatic carbocycles. The molecule has 0 unspecified atom stereocenters. The molecule has 1 atom stereocenters. The van der Waals surface area contributed by atoms with Gasteiger partial charge in [0.1, 0.15) is 5.82 Å². The summed E-state index contributed by atoms with van der Waals surface area (Å²) in [5.41, 5.74) is -1.17. The molecule has 2 aromatic heterocycles. The summed E-state index contributed by atoms with van der Waals surface area (Å²) in [6.45, 7) is 6.16. The van der Waals surface area contributed by atoms with Crippen molar-refractivity contribution in [2.45, 2.75) is 39.4 Å². The quantitative estimate of drug-likeness (QED) is 0.702. The molecule has 8 nitrogen and oxygen atoms in total. The van der Waals surface area contributed by atoms with Crippen molar-refractivity contribution in [3.63, 3.8) is 0 Å². The van der Waals surface area contributed by atoms with Crippen LogP contribution < -0.4 is 20.3 Å². The Balaban J connectivity index is 1.66. The van der Waals surface area contributed by atoms with Crippen LogP contribution in [-0.2, 0) is 11.0 Å². The van der Waals surface area contributed by atoms with Crippen molar-refractivity contribution < 1.29 is 27.5 Å². The van der Waals surface area contributed by atoms with E-state index in [1.54, 1.807) is 25.7 Å². The highest BCUT2D eigenvalue weighted by Crippen LogP contribution is 2.35. The molecule has 0 saturated carbocycles. The molecular weight excluding hydrogens is 439 g/mol. The standard InChI is InChI=1S/C22H26F3N5O3/c1-21(2,3)20(32)29-17-9-13(5-7-26-17)19(31)28-15-6-8-30(12-15)18-16(33-4)10-14(11-27-18)22(23,24)25/h5,7,9-11,15H,6,8,12H2,1-4H3,(H,28,31)(H,26,29,32)/t15-/m1/s1. The van der Waals surface area contributed by atoms with Crippen molar-refractivity contribution in [2.75, 3.05) is 30.4 Å². The SMILES string of the molecule is COc1cc(C(F)(F)F)cnc1N1CC[C@@H](NC(=O)c2ccnc(NC(=O)C(C)(C)C)c2)C1. The lowest BCUT2D eigenvalue weighted by Crippen LogP contribution is -2.37. The van der Waals surface area contributed by atoms with E-state index in [0.717, 1.165) is 12.3 Å². The lowest BCUT2D eigenvalue weighted by molar-refractivity contribution is -0.138. The minimum Gasteiger partial charge on any atom is -0.493 e. The van der Waals surface area contributed by atoms with Gasteiger partial charge in [0.05, 0.1) is 12.7 Å². The highest BCUT2D eigenvalue weighted by atomic mass is 19.4. The maximum atomic E-state index is 13.0. The maximum absolute atomic E-state index is 13.0. The molecular formula is C22H26F3N5O3. The number of amides is 2. The molecule has 0 bridgehead atoms. The second-order valence-electron chi connectivity index (χ2n) is 8.79. The second-order valence-corrected chi connectivity index (χ2v) is 8.79. The topological polar surface area (TPSA) is 96.4 Å². The zero-order chi connectivity index (χ0) is 24.4. The first-order valence-electron chi connectivity index (χ1n) is 10.3. The highest BCUT2D eigenvalue weighted by Gasteiger charge is 2.34. The number of alkyl halides is 3. The zero-order valence-corrected chi connectivity index (χ0v) is 18.8. The second kappa shape index (κ2) is 9.24. The Morgan fingerprint density at radius 2 is 1.91 bits per heavy atom. The molecule has 2 amide bonds. The van der Waals surface area contributed by atoms with Gasteiger partial charge in [-0.2, -0.15) is 13.2 Å². The summed E-state index contributed by atoms with van der Waals surface area (Å²) in [7, 11) is 1.29. The largest absolute Gasteiger partial charge is 0.493 e. The molecule has 2 N–H and O–H groups in total. The number of aromatic nitrogens is 2. The van der Waals surface area contributed by atoms with Gasteiger partial charge in [0.15, 0.2) is 11.6 Å². The third-order valence-corrected chi connectivity index (χ3v) is 5.15. The number of hydrogen-bond acceptors (Lipinski definition) is 6. The molecule has 33 heavy (non-hydrogen) atoms. The molecule has 178 valence electrons. The van der Waals surface area contributed by atoms with Gasteiger partial charge >= 0.3 is 6.18 Å². The molecule has 1 fully saturated rings. The van der Waals surface area contributed by atoms with E-state index < -0.39 is 17.2 Å². The van der Waals surface area contributed by atoms with E-state index in [1.165, 1.54) is 25.4 Å². The van der Waals surface area contributed by atoms with E-state index in [4.69, 9.17) is 4.74 Å². The summed E-state index contributed by atoms with van der Waals surface area (Å²) in [6, 6.07) is 3.70. The number of nitrogens with zero attached hydrogens (tertiary/aromatic N) is 3. The van der Waals surface area contributed by atoms with Crippen molar-refractivity contribution >= 4 is 23.5 Å². The number of carbonyl (C=O) groups is 2. The lowest BCUT2D eigenvalue weighted by atomic mass is 9.96. The molecule has 1 aliphatic rings. The number of ether oxygens (including phenoxy) is 1. The van der Waals surface area contributed by atoms with Gasteiger partial charge in [-0.1, -0.05) is 20.8 Å². The van der Waals surface area contributed by atoms with Gasteiger partial charge in [0, 0.05) is 42.5 Å². The van der Waals surface area contributed by atoms with Gasteiger partial charge in [-0.15, -0.1) is 0 Å². The highest BCUT2D eigenvalue weighted by molar-refractivity contribution is 5.97. The smallest absolute Gasteiger partial charge is 0.418 e. The third-order valence-electron chi connectivity index (χ3n) is 5.15. The van der Waals surface area contributed by atoms with E-state index in [2.05, 4.69) is 20.6 Å². The fourth-order valence-electron chi connectivity index (χ4n) is 3.26. The normalized spacial score (nSPS) is 16.5. The number of rotatable bonds is 5. The van der Waals surface area contributed by atoms with Gasteiger partial charge in [-0.3, -0.25) is 9.59 Å². The molecule has 3 rings (SSSR count). The third kappa shape index (κ3) is 5.91. The van der Waals surface area contributed by atoms with Crippen LogP contribution in [0.5, 0.6) is 5.75 Å². The van der Waals surface area contributed by atoms with Crippen molar-refractivity contribution in [2.24, 2.45) is 5.41 Å². The van der Waals surface area contributed by atoms with Crippen LogP contribution in [0.4, 0.5) is 24.8 Å². The number of nitrogens with one attached hydrogen (secondary N) is 2. The van der Waals surface area contributed by atoms with Crippen molar-refractivity contribution in [1.82, 2.24) is 15.3 Å². The molecule has 0 radical (unpaired) electrons. The summed E-state index contributed by atoms with van der Waals surface area (Å²) in [5, 5.41) is 5.60. The number of methoxy groups -OCH3 is 1. The summed E-state index contributed by atoms with van der Waals surface area (Å²) in [4.78, 5) is 34.7. The fourth-order valence-corrected chi connectivity index (χ4v) is 3.26. The average molecular weight is 465 g/mol. The summed E-state index contributed by atoms with van der Waals surface area (Å²) in [5.74, 6) is 0.0117. The Bertz CT molecular complexity index is 1040. The van der Waals surface area contributed by atoms with Gasteiger partial charge in [-0.05, 0) is 24.6 Å². The van der Waals surface area contributed by atoms with Crippen LogP contribution >= 0.6 is 0 Å². The maximum Gasteiger partial charge on any atom is 0.418 e. The van der Waals surface area contributed by atoms with Gasteiger partial charge < -0.3 is 20.3 Å². The van der Waals surface area contributed by atoms with Crippen LogP contribution in [0.15, 0.2) is 30.6 Å². The van der Waals surface area contributed by atoms with E-state index in [-0.39, 0.29) is 29.4 Å². The molecule has 1 saturated heterocycles. The number of hydrogen-bond donors (Lipinski definition) is 2. The number of halogens is 3. The van der Waals surface area contributed by atoms with Crippen LogP contribution in [-0.4, -0.2) is 48.0 Å². The molecule has 1 aliphatic heterocycles. The Kier molecular flexibility index (Phi) is 6.80. The van der Waals surface area contributed by atoms with E-state index >= 15 is 0 Å². The van der Waals surface area contributed by atoms with Crippen LogP contribution in [0.25, 0.3) is 0 Å². The van der Waals surface area contributed by atoms with Crippen LogP contribution in [0.1, 0.15) is 43.1 Å². The van der Waals surface area contributed by atoms with Crippen molar-refractivity contribution in [3.8, 4) is 5.75 Å². The van der Waals surface area contributed by atoms with E-state index in [1.807, 2.05) is 0 Å². The first-order valence-corrected chi connectivity index (χ1v) is 10.3. The summed E-state index contributed by atoms with van der Waals surface area (Å²) < 4.78 is 44.0. The fraction of sp³-hybridized carbons (Fsp3) is 0.455. The molecule has 3 heterocycles. The van der Waals surface area contributed by atoms with E-state index in [9.17, 15) is 22.8 Å². The average Bonchev–Trinajstić information content (AvgIpc) is 3.20. The monoisotopic (exact) mass is 465 g/mol. The summed E-state index contributed by atoms with van der Waals surface area (Å²) >= 11 is 0. The van der Waals surface area contributed by atoms with Crippen LogP contribution in [0.3, 0.4) is 0 Å². The van der Waals surface area contributed by atoms with E-state index in [0.29, 0.717) is 30.9 Å². The number of anilines is 2. The van der Waals surface area contributed by atoms with Crippen LogP contribution in [0, 0.1) is 5.41 Å². The first kappa shape index (κ1) is 24.3. The Hall–Kier alpha value is -3.37. The Morgan fingerprint density at radius 3 is 2.55 bits per heavy atom. The minimum absolute atomic E-state index is 0.0187. The molecule has 11 heteroatoms. The number of carbonyl (C=O) groups excluding carboxylic acids is 2. The van der Waals surface area contributed by atoms with Gasteiger partial charge in [0.2, 0.25) is 5.91 Å². The minimum atomic E-state index is -4.52. The number of pyridine rings is 2. The predicted octanol–water partition coefficient (Wildman–Crippen LogP) is 3.50. The van der Waals surface area contributed by atoms with Gasteiger partial charge in [0.25, 0.3) is 5.91 Å². The van der Waals surface area contributed by atoms with Crippen LogP contribution in [0.2, 0.25) is 0 Å². The first-order chi connectivity index (χ1) is 15.4. The zero-order valence-electron chi connectivity index (χ0n) is 18.8. The van der Waals surface area contributed by atoms with Crippen molar-refractivity contribution in [1.29, 1.82) is 0 Å². The predicted molar refractivity (Wildman–Crippen MR) is 116 cm³/mol. The van der Waals surface area contributed by atoms with Gasteiger partial charge in [-0.25, -0.2) is 9.97 Å². The molecule has 2 aromatic rings. The Labute approximate surface area is 189 Å². The van der Waals surface area contributed by atoms with Crippen molar-refractivity contribution in [3.05, 3.63) is 41.7 Å².